The number of nitrogen functional groups attached to an aromatic ring is 1. The number of carbonyl (C=O) groups excluding carboxylic acids is 1. The van der Waals surface area contributed by atoms with Crippen LogP contribution in [0.15, 0.2) is 12.1 Å². The van der Waals surface area contributed by atoms with E-state index in [0.717, 1.165) is 0 Å². The average Bonchev–Trinajstić information content (AvgIpc) is 2.35. The first-order valence-corrected chi connectivity index (χ1v) is 5.91. The fourth-order valence-corrected chi connectivity index (χ4v) is 2.16. The Hall–Kier alpha value is -1.95. The Morgan fingerprint density at radius 1 is 1.37 bits per heavy atom. The number of ether oxygens (including phenoxy) is 2. The van der Waals surface area contributed by atoms with Gasteiger partial charge in [0, 0.05) is 6.07 Å². The summed E-state index contributed by atoms with van der Waals surface area (Å²) >= 11 is 0. The first-order chi connectivity index (χ1) is 8.88. The lowest BCUT2D eigenvalue weighted by Gasteiger charge is -2.44. The lowest BCUT2D eigenvalue weighted by atomic mass is 9.95. The summed E-state index contributed by atoms with van der Waals surface area (Å²) in [5, 5.41) is 9.68. The number of methoxy groups -OCH3 is 2. The number of anilines is 1. The first-order valence-electron chi connectivity index (χ1n) is 5.91. The molecule has 2 rings (SSSR count). The Morgan fingerprint density at radius 2 is 2.00 bits per heavy atom. The highest BCUT2D eigenvalue weighted by atomic mass is 16.5. The summed E-state index contributed by atoms with van der Waals surface area (Å²) in [5.41, 5.74) is 5.70. The maximum Gasteiger partial charge on any atom is 0.256 e. The number of aliphatic hydroxyl groups is 1. The number of benzene rings is 1. The number of carbonyl (C=O) groups is 1. The minimum atomic E-state index is -0.812. The minimum Gasteiger partial charge on any atom is -0.497 e. The Balaban J connectivity index is 2.31. The highest BCUT2D eigenvalue weighted by Gasteiger charge is 2.40. The zero-order valence-corrected chi connectivity index (χ0v) is 11.3. The van der Waals surface area contributed by atoms with Crippen molar-refractivity contribution >= 4 is 11.6 Å². The Bertz CT molecular complexity index is 506. The standard InChI is InChI=1S/C13H18N2O4/c1-13(17)6-15(7-13)12(16)9-4-8(18-2)5-10(19-3)11(9)14/h4-5,17H,6-7,14H2,1-3H3. The molecule has 6 nitrogen and oxygen atoms in total. The van der Waals surface area contributed by atoms with Crippen molar-refractivity contribution in [3.8, 4) is 11.5 Å². The third kappa shape index (κ3) is 2.44. The van der Waals surface area contributed by atoms with Crippen LogP contribution in [0.5, 0.6) is 11.5 Å². The lowest BCUT2D eigenvalue weighted by molar-refractivity contribution is -0.0668. The molecule has 0 aliphatic carbocycles. The van der Waals surface area contributed by atoms with E-state index in [1.54, 1.807) is 19.1 Å². The van der Waals surface area contributed by atoms with Gasteiger partial charge in [0.25, 0.3) is 5.91 Å². The third-order valence-electron chi connectivity index (χ3n) is 3.15. The molecule has 1 heterocycles. The smallest absolute Gasteiger partial charge is 0.256 e. The normalized spacial score (nSPS) is 16.7. The zero-order valence-electron chi connectivity index (χ0n) is 11.3. The maximum absolute atomic E-state index is 12.3. The predicted octanol–water partition coefficient (Wildman–Crippen LogP) is 0.493. The minimum absolute atomic E-state index is 0.235. The molecule has 1 aliphatic heterocycles. The number of β-amino-alcohol motifs (C(OH)–C–C–N with tert-alkyl or cyclic N) is 1. The topological polar surface area (TPSA) is 85.0 Å². The molecule has 0 atom stereocenters. The number of amides is 1. The number of rotatable bonds is 3. The van der Waals surface area contributed by atoms with E-state index in [-0.39, 0.29) is 11.6 Å². The molecule has 1 aromatic rings. The van der Waals surface area contributed by atoms with Gasteiger partial charge in [-0.25, -0.2) is 0 Å². The molecular formula is C13H18N2O4. The van der Waals surface area contributed by atoms with Crippen molar-refractivity contribution in [1.82, 2.24) is 4.90 Å². The summed E-state index contributed by atoms with van der Waals surface area (Å²) in [6.07, 6.45) is 0. The highest BCUT2D eigenvalue weighted by molar-refractivity contribution is 6.01. The second-order valence-corrected chi connectivity index (χ2v) is 4.95. The van der Waals surface area contributed by atoms with Crippen LogP contribution in [0.3, 0.4) is 0 Å². The summed E-state index contributed by atoms with van der Waals surface area (Å²) in [5.74, 6) is 0.665. The van der Waals surface area contributed by atoms with Crippen LogP contribution in [-0.4, -0.2) is 48.8 Å². The van der Waals surface area contributed by atoms with Crippen molar-refractivity contribution in [3.05, 3.63) is 17.7 Å². The molecule has 1 saturated heterocycles. The average molecular weight is 266 g/mol. The Kier molecular flexibility index (Phi) is 3.28. The van der Waals surface area contributed by atoms with E-state index < -0.39 is 5.60 Å². The van der Waals surface area contributed by atoms with E-state index in [0.29, 0.717) is 30.2 Å². The van der Waals surface area contributed by atoms with E-state index in [4.69, 9.17) is 15.2 Å². The molecule has 6 heteroatoms. The van der Waals surface area contributed by atoms with Crippen LogP contribution in [0.1, 0.15) is 17.3 Å². The second kappa shape index (κ2) is 4.62. The van der Waals surface area contributed by atoms with E-state index in [9.17, 15) is 9.90 Å². The van der Waals surface area contributed by atoms with Crippen molar-refractivity contribution in [2.24, 2.45) is 0 Å². The van der Waals surface area contributed by atoms with Crippen LogP contribution in [0.25, 0.3) is 0 Å². The van der Waals surface area contributed by atoms with Gasteiger partial charge in [-0.3, -0.25) is 4.79 Å². The van der Waals surface area contributed by atoms with Gasteiger partial charge in [0.05, 0.1) is 44.2 Å². The maximum atomic E-state index is 12.3. The van der Waals surface area contributed by atoms with E-state index in [1.165, 1.54) is 19.1 Å². The Labute approximate surface area is 111 Å². The molecule has 1 fully saturated rings. The monoisotopic (exact) mass is 266 g/mol. The molecular weight excluding hydrogens is 248 g/mol. The van der Waals surface area contributed by atoms with Gasteiger partial charge in [-0.2, -0.15) is 0 Å². The lowest BCUT2D eigenvalue weighted by Crippen LogP contribution is -2.61. The molecule has 104 valence electrons. The molecule has 0 saturated carbocycles. The van der Waals surface area contributed by atoms with Gasteiger partial charge in [-0.1, -0.05) is 0 Å². The number of likely N-dealkylation sites (tertiary alicyclic amines) is 1. The molecule has 1 aliphatic rings. The molecule has 3 N–H and O–H groups in total. The number of hydrogen-bond acceptors (Lipinski definition) is 5. The quantitative estimate of drug-likeness (QED) is 0.778. The first kappa shape index (κ1) is 13.5. The van der Waals surface area contributed by atoms with Gasteiger partial charge in [0.2, 0.25) is 0 Å². The van der Waals surface area contributed by atoms with Gasteiger partial charge in [0.15, 0.2) is 0 Å². The van der Waals surface area contributed by atoms with Gasteiger partial charge < -0.3 is 25.2 Å². The van der Waals surface area contributed by atoms with Gasteiger partial charge in [-0.05, 0) is 13.0 Å². The fraction of sp³-hybridized carbons (Fsp3) is 0.462. The summed E-state index contributed by atoms with van der Waals surface area (Å²) in [4.78, 5) is 13.8. The molecule has 0 aromatic heterocycles. The van der Waals surface area contributed by atoms with Crippen molar-refractivity contribution in [2.75, 3.05) is 33.0 Å². The number of nitrogens with zero attached hydrogens (tertiary/aromatic N) is 1. The molecule has 0 unspecified atom stereocenters. The fourth-order valence-electron chi connectivity index (χ4n) is 2.16. The van der Waals surface area contributed by atoms with Crippen LogP contribution < -0.4 is 15.2 Å². The van der Waals surface area contributed by atoms with Crippen LogP contribution in [0, 0.1) is 0 Å². The molecule has 19 heavy (non-hydrogen) atoms. The van der Waals surface area contributed by atoms with E-state index in [1.807, 2.05) is 0 Å². The van der Waals surface area contributed by atoms with Gasteiger partial charge in [0.1, 0.15) is 11.5 Å². The van der Waals surface area contributed by atoms with Crippen LogP contribution in [0.4, 0.5) is 5.69 Å². The van der Waals surface area contributed by atoms with Crippen molar-refractivity contribution in [3.63, 3.8) is 0 Å². The number of nitrogens with two attached hydrogens (primary N) is 1. The second-order valence-electron chi connectivity index (χ2n) is 4.95. The van der Waals surface area contributed by atoms with Gasteiger partial charge in [-0.15, -0.1) is 0 Å². The van der Waals surface area contributed by atoms with Crippen LogP contribution >= 0.6 is 0 Å². The van der Waals surface area contributed by atoms with Crippen molar-refractivity contribution in [1.29, 1.82) is 0 Å². The zero-order chi connectivity index (χ0) is 14.2. The van der Waals surface area contributed by atoms with Crippen molar-refractivity contribution in [2.45, 2.75) is 12.5 Å². The summed E-state index contributed by atoms with van der Waals surface area (Å²) in [7, 11) is 2.99. The van der Waals surface area contributed by atoms with Crippen LogP contribution in [-0.2, 0) is 0 Å². The largest absolute Gasteiger partial charge is 0.497 e. The Morgan fingerprint density at radius 3 is 2.47 bits per heavy atom. The predicted molar refractivity (Wildman–Crippen MR) is 70.5 cm³/mol. The van der Waals surface area contributed by atoms with E-state index >= 15 is 0 Å². The van der Waals surface area contributed by atoms with E-state index in [2.05, 4.69) is 0 Å². The number of hydrogen-bond donors (Lipinski definition) is 2. The molecule has 0 bridgehead atoms. The molecule has 1 amide bonds. The highest BCUT2D eigenvalue weighted by Crippen LogP contribution is 2.33. The van der Waals surface area contributed by atoms with Crippen molar-refractivity contribution < 1.29 is 19.4 Å². The summed E-state index contributed by atoms with van der Waals surface area (Å²) < 4.78 is 10.2. The van der Waals surface area contributed by atoms with Crippen LogP contribution in [0.2, 0.25) is 0 Å². The molecule has 0 radical (unpaired) electrons. The molecule has 0 spiro atoms. The van der Waals surface area contributed by atoms with Gasteiger partial charge >= 0.3 is 0 Å². The SMILES string of the molecule is COc1cc(OC)c(N)c(C(=O)N2CC(C)(O)C2)c1. The third-order valence-corrected chi connectivity index (χ3v) is 3.15. The summed E-state index contributed by atoms with van der Waals surface area (Å²) in [6, 6.07) is 3.20. The summed E-state index contributed by atoms with van der Waals surface area (Å²) in [6.45, 7) is 2.28. The molecule has 1 aromatic carbocycles.